The van der Waals surface area contributed by atoms with Gasteiger partial charge in [-0.1, -0.05) is 11.6 Å². The Morgan fingerprint density at radius 1 is 1.20 bits per heavy atom. The third-order valence-corrected chi connectivity index (χ3v) is 3.80. The van der Waals surface area contributed by atoms with Gasteiger partial charge in [0, 0.05) is 11.7 Å². The van der Waals surface area contributed by atoms with E-state index in [2.05, 4.69) is 21.5 Å². The fourth-order valence-electron chi connectivity index (χ4n) is 2.79. The molecule has 5 nitrogen and oxygen atoms in total. The molecule has 20 heavy (non-hydrogen) atoms. The average Bonchev–Trinajstić information content (AvgIpc) is 2.78. The molecule has 1 fully saturated rings. The maximum atomic E-state index is 5.23. The minimum Gasteiger partial charge on any atom is -0.361 e. The van der Waals surface area contributed by atoms with Crippen LogP contribution in [0.4, 0.5) is 0 Å². The van der Waals surface area contributed by atoms with Gasteiger partial charge in [-0.05, 0) is 46.2 Å². The van der Waals surface area contributed by atoms with Crippen LogP contribution in [-0.4, -0.2) is 21.7 Å². The summed E-state index contributed by atoms with van der Waals surface area (Å²) >= 11 is 0. The molecule has 1 aliphatic rings. The molecule has 1 unspecified atom stereocenters. The summed E-state index contributed by atoms with van der Waals surface area (Å²) in [5.41, 5.74) is 3.82. The Bertz CT molecular complexity index is 595. The fraction of sp³-hybridized carbons (Fsp3) is 0.533. The van der Waals surface area contributed by atoms with Crippen molar-refractivity contribution in [2.45, 2.75) is 46.1 Å². The number of aromatic nitrogens is 3. The van der Waals surface area contributed by atoms with Gasteiger partial charge in [0.15, 0.2) is 5.82 Å². The molecule has 0 aliphatic carbocycles. The summed E-state index contributed by atoms with van der Waals surface area (Å²) in [7, 11) is 0. The quantitative estimate of drug-likeness (QED) is 0.910. The number of rotatable bonds is 2. The van der Waals surface area contributed by atoms with E-state index in [0.29, 0.717) is 6.04 Å². The lowest BCUT2D eigenvalue weighted by Gasteiger charge is -2.23. The molecule has 5 heteroatoms. The van der Waals surface area contributed by atoms with Crippen LogP contribution in [0.2, 0.25) is 0 Å². The molecule has 1 saturated heterocycles. The normalized spacial score (nSPS) is 19.2. The molecule has 0 amide bonds. The first-order chi connectivity index (χ1) is 9.65. The van der Waals surface area contributed by atoms with Gasteiger partial charge in [-0.25, -0.2) is 9.97 Å². The van der Waals surface area contributed by atoms with E-state index < -0.39 is 0 Å². The molecule has 106 valence electrons. The summed E-state index contributed by atoms with van der Waals surface area (Å²) in [6.45, 7) is 6.90. The largest absolute Gasteiger partial charge is 0.361 e. The fourth-order valence-corrected chi connectivity index (χ4v) is 2.79. The van der Waals surface area contributed by atoms with Crippen LogP contribution in [0.1, 0.15) is 48.1 Å². The van der Waals surface area contributed by atoms with E-state index >= 15 is 0 Å². The molecule has 0 saturated carbocycles. The van der Waals surface area contributed by atoms with Gasteiger partial charge in [-0.15, -0.1) is 0 Å². The van der Waals surface area contributed by atoms with Gasteiger partial charge in [-0.3, -0.25) is 0 Å². The second-order valence-electron chi connectivity index (χ2n) is 5.46. The second kappa shape index (κ2) is 5.32. The Labute approximate surface area is 118 Å². The molecular formula is C15H20N4O. The van der Waals surface area contributed by atoms with E-state index in [0.717, 1.165) is 47.2 Å². The van der Waals surface area contributed by atoms with Crippen molar-refractivity contribution in [1.82, 2.24) is 20.4 Å². The lowest BCUT2D eigenvalue weighted by Crippen LogP contribution is -2.27. The van der Waals surface area contributed by atoms with Crippen molar-refractivity contribution in [2.24, 2.45) is 0 Å². The van der Waals surface area contributed by atoms with Crippen molar-refractivity contribution >= 4 is 0 Å². The summed E-state index contributed by atoms with van der Waals surface area (Å²) in [4.78, 5) is 9.30. The second-order valence-corrected chi connectivity index (χ2v) is 5.46. The van der Waals surface area contributed by atoms with Crippen LogP contribution in [0, 0.1) is 20.8 Å². The van der Waals surface area contributed by atoms with Crippen LogP contribution in [0.15, 0.2) is 10.6 Å². The molecule has 0 spiro atoms. The first kappa shape index (κ1) is 13.2. The van der Waals surface area contributed by atoms with E-state index in [9.17, 15) is 0 Å². The summed E-state index contributed by atoms with van der Waals surface area (Å²) in [5.74, 6) is 1.50. The zero-order chi connectivity index (χ0) is 14.1. The standard InChI is InChI=1S/C15H20N4O/c1-9-8-13(12-6-4-5-7-16-12)18-15(17-9)14-10(2)19-20-11(14)3/h8,12,16H,4-7H2,1-3H3. The Hall–Kier alpha value is -1.75. The van der Waals surface area contributed by atoms with Gasteiger partial charge in [-0.2, -0.15) is 0 Å². The number of piperidine rings is 1. The molecule has 0 aromatic carbocycles. The van der Waals surface area contributed by atoms with Crippen LogP contribution in [-0.2, 0) is 0 Å². The molecule has 1 aliphatic heterocycles. The molecule has 1 N–H and O–H groups in total. The highest BCUT2D eigenvalue weighted by atomic mass is 16.5. The number of nitrogens with zero attached hydrogens (tertiary/aromatic N) is 3. The van der Waals surface area contributed by atoms with Crippen molar-refractivity contribution in [3.05, 3.63) is 28.9 Å². The maximum Gasteiger partial charge on any atom is 0.165 e. The first-order valence-electron chi connectivity index (χ1n) is 7.17. The number of aryl methyl sites for hydroxylation is 3. The summed E-state index contributed by atoms with van der Waals surface area (Å²) in [5, 5.41) is 7.53. The molecule has 2 aromatic rings. The molecule has 1 atom stereocenters. The lowest BCUT2D eigenvalue weighted by molar-refractivity contribution is 0.393. The predicted octanol–water partition coefficient (Wildman–Crippen LogP) is 2.87. The van der Waals surface area contributed by atoms with Gasteiger partial charge in [0.05, 0.1) is 17.0 Å². The Kier molecular flexibility index (Phi) is 3.53. The number of hydrogen-bond acceptors (Lipinski definition) is 5. The van der Waals surface area contributed by atoms with E-state index in [1.165, 1.54) is 12.8 Å². The zero-order valence-electron chi connectivity index (χ0n) is 12.2. The molecule has 3 heterocycles. The van der Waals surface area contributed by atoms with E-state index in [1.807, 2.05) is 20.8 Å². The van der Waals surface area contributed by atoms with Gasteiger partial charge < -0.3 is 9.84 Å². The van der Waals surface area contributed by atoms with Crippen LogP contribution in [0.3, 0.4) is 0 Å². The van der Waals surface area contributed by atoms with Crippen molar-refractivity contribution < 1.29 is 4.52 Å². The molecule has 0 bridgehead atoms. The maximum absolute atomic E-state index is 5.23. The predicted molar refractivity (Wildman–Crippen MR) is 76.3 cm³/mol. The third-order valence-electron chi connectivity index (χ3n) is 3.80. The van der Waals surface area contributed by atoms with E-state index in [1.54, 1.807) is 0 Å². The van der Waals surface area contributed by atoms with Crippen molar-refractivity contribution in [1.29, 1.82) is 0 Å². The topological polar surface area (TPSA) is 63.8 Å². The number of nitrogens with one attached hydrogen (secondary N) is 1. The van der Waals surface area contributed by atoms with Gasteiger partial charge in [0.2, 0.25) is 0 Å². The van der Waals surface area contributed by atoms with Gasteiger partial charge in [0.1, 0.15) is 5.76 Å². The van der Waals surface area contributed by atoms with Crippen LogP contribution in [0.25, 0.3) is 11.4 Å². The van der Waals surface area contributed by atoms with E-state index in [4.69, 9.17) is 9.51 Å². The lowest BCUT2D eigenvalue weighted by atomic mass is 10.0. The van der Waals surface area contributed by atoms with Crippen LogP contribution < -0.4 is 5.32 Å². The van der Waals surface area contributed by atoms with Gasteiger partial charge in [0.25, 0.3) is 0 Å². The molecule has 3 rings (SSSR count). The highest BCUT2D eigenvalue weighted by molar-refractivity contribution is 5.60. The average molecular weight is 272 g/mol. The monoisotopic (exact) mass is 272 g/mol. The highest BCUT2D eigenvalue weighted by Gasteiger charge is 2.20. The van der Waals surface area contributed by atoms with Crippen molar-refractivity contribution in [3.63, 3.8) is 0 Å². The van der Waals surface area contributed by atoms with Gasteiger partial charge >= 0.3 is 0 Å². The third kappa shape index (κ3) is 2.45. The Balaban J connectivity index is 2.02. The highest BCUT2D eigenvalue weighted by Crippen LogP contribution is 2.27. The molecule has 0 radical (unpaired) electrons. The number of hydrogen-bond donors (Lipinski definition) is 1. The van der Waals surface area contributed by atoms with Crippen molar-refractivity contribution in [3.8, 4) is 11.4 Å². The SMILES string of the molecule is Cc1cc(C2CCCCN2)nc(-c2c(C)noc2C)n1. The minimum absolute atomic E-state index is 0.338. The minimum atomic E-state index is 0.338. The van der Waals surface area contributed by atoms with Crippen LogP contribution in [0.5, 0.6) is 0 Å². The summed E-state index contributed by atoms with van der Waals surface area (Å²) < 4.78 is 5.23. The Morgan fingerprint density at radius 2 is 2.05 bits per heavy atom. The summed E-state index contributed by atoms with van der Waals surface area (Å²) in [6.07, 6.45) is 3.64. The molecular weight excluding hydrogens is 252 g/mol. The summed E-state index contributed by atoms with van der Waals surface area (Å²) in [6, 6.07) is 2.41. The first-order valence-corrected chi connectivity index (χ1v) is 7.17. The van der Waals surface area contributed by atoms with E-state index in [-0.39, 0.29) is 0 Å². The van der Waals surface area contributed by atoms with Crippen molar-refractivity contribution in [2.75, 3.05) is 6.54 Å². The molecule has 2 aromatic heterocycles. The smallest absolute Gasteiger partial charge is 0.165 e. The Morgan fingerprint density at radius 3 is 2.70 bits per heavy atom. The zero-order valence-corrected chi connectivity index (χ0v) is 12.2. The van der Waals surface area contributed by atoms with Crippen LogP contribution >= 0.6 is 0 Å².